The number of aromatic nitrogens is 3. The predicted molar refractivity (Wildman–Crippen MR) is 71.0 cm³/mol. The molecule has 0 atom stereocenters. The van der Waals surface area contributed by atoms with Gasteiger partial charge < -0.3 is 9.15 Å². The molecule has 0 saturated carbocycles. The molecular formula is C11H15N5O2S. The van der Waals surface area contributed by atoms with Crippen LogP contribution in [0.15, 0.2) is 26.8 Å². The van der Waals surface area contributed by atoms with Crippen molar-refractivity contribution in [2.24, 2.45) is 5.84 Å². The van der Waals surface area contributed by atoms with Crippen LogP contribution in [0.4, 0.5) is 5.95 Å². The Labute approximate surface area is 114 Å². The zero-order valence-corrected chi connectivity index (χ0v) is 11.7. The zero-order chi connectivity index (χ0) is 13.8. The van der Waals surface area contributed by atoms with E-state index in [1.807, 2.05) is 26.8 Å². The highest BCUT2D eigenvalue weighted by Crippen LogP contribution is 2.29. The standard InChI is InChI=1S/C11H15N5O2S/c1-6(2)18-10-13-9(16-12)14-11(15-10)19-8-4-5-17-7(8)3/h4-6H,12H2,1-3H3,(H,13,14,15,16). The molecule has 0 aliphatic rings. The average molecular weight is 281 g/mol. The van der Waals surface area contributed by atoms with Gasteiger partial charge in [-0.2, -0.15) is 15.0 Å². The van der Waals surface area contributed by atoms with Crippen LogP contribution in [0, 0.1) is 6.92 Å². The lowest BCUT2D eigenvalue weighted by Gasteiger charge is -2.09. The number of nitrogen functional groups attached to an aromatic ring is 1. The van der Waals surface area contributed by atoms with Crippen molar-refractivity contribution >= 4 is 17.7 Å². The summed E-state index contributed by atoms with van der Waals surface area (Å²) in [6, 6.07) is 2.09. The number of aryl methyl sites for hydroxylation is 1. The van der Waals surface area contributed by atoms with Gasteiger partial charge >= 0.3 is 6.01 Å². The molecule has 0 aromatic carbocycles. The maximum atomic E-state index is 5.45. The Morgan fingerprint density at radius 3 is 2.74 bits per heavy atom. The number of hydrazine groups is 1. The second kappa shape index (κ2) is 5.89. The van der Waals surface area contributed by atoms with Crippen LogP contribution in [-0.2, 0) is 0 Å². The highest BCUT2D eigenvalue weighted by Gasteiger charge is 2.11. The summed E-state index contributed by atoms with van der Waals surface area (Å²) in [5.41, 5.74) is 2.40. The van der Waals surface area contributed by atoms with Gasteiger partial charge in [0.1, 0.15) is 5.76 Å². The molecule has 0 radical (unpaired) electrons. The van der Waals surface area contributed by atoms with Gasteiger partial charge in [0.15, 0.2) is 0 Å². The first-order chi connectivity index (χ1) is 9.08. The maximum absolute atomic E-state index is 5.45. The first-order valence-electron chi connectivity index (χ1n) is 5.69. The Bertz CT molecular complexity index is 558. The topological polar surface area (TPSA) is 99.1 Å². The third-order valence-corrected chi connectivity index (χ3v) is 3.09. The van der Waals surface area contributed by atoms with E-state index in [-0.39, 0.29) is 18.1 Å². The van der Waals surface area contributed by atoms with Crippen molar-refractivity contribution in [3.63, 3.8) is 0 Å². The summed E-state index contributed by atoms with van der Waals surface area (Å²) in [7, 11) is 0. The van der Waals surface area contributed by atoms with E-state index in [1.165, 1.54) is 11.8 Å². The lowest BCUT2D eigenvalue weighted by Crippen LogP contribution is -2.14. The lowest BCUT2D eigenvalue weighted by atomic mass is 10.5. The van der Waals surface area contributed by atoms with E-state index in [9.17, 15) is 0 Å². The molecule has 102 valence electrons. The fraction of sp³-hybridized carbons (Fsp3) is 0.364. The van der Waals surface area contributed by atoms with Gasteiger partial charge in [-0.3, -0.25) is 5.43 Å². The summed E-state index contributed by atoms with van der Waals surface area (Å²) >= 11 is 1.36. The Kier molecular flexibility index (Phi) is 4.23. The minimum Gasteiger partial charge on any atom is -0.468 e. The van der Waals surface area contributed by atoms with E-state index in [2.05, 4.69) is 20.4 Å². The highest BCUT2D eigenvalue weighted by atomic mass is 32.2. The summed E-state index contributed by atoms with van der Waals surface area (Å²) in [4.78, 5) is 13.3. The smallest absolute Gasteiger partial charge is 0.322 e. The van der Waals surface area contributed by atoms with Gasteiger partial charge in [-0.05, 0) is 38.6 Å². The molecule has 0 bridgehead atoms. The van der Waals surface area contributed by atoms with Crippen molar-refractivity contribution in [1.29, 1.82) is 0 Å². The van der Waals surface area contributed by atoms with Crippen LogP contribution >= 0.6 is 11.8 Å². The van der Waals surface area contributed by atoms with E-state index in [4.69, 9.17) is 15.0 Å². The minimum atomic E-state index is -0.0264. The Hall–Kier alpha value is -1.80. The number of nitrogens with two attached hydrogens (primary N) is 1. The third kappa shape index (κ3) is 3.58. The third-order valence-electron chi connectivity index (χ3n) is 2.08. The maximum Gasteiger partial charge on any atom is 0.322 e. The summed E-state index contributed by atoms with van der Waals surface area (Å²) in [6.45, 7) is 5.66. The summed E-state index contributed by atoms with van der Waals surface area (Å²) in [5.74, 6) is 6.40. The van der Waals surface area contributed by atoms with Crippen molar-refractivity contribution in [1.82, 2.24) is 15.0 Å². The molecule has 0 amide bonds. The van der Waals surface area contributed by atoms with E-state index in [0.717, 1.165) is 10.7 Å². The van der Waals surface area contributed by atoms with Crippen LogP contribution in [0.3, 0.4) is 0 Å². The number of rotatable bonds is 5. The molecule has 0 aliphatic carbocycles. The van der Waals surface area contributed by atoms with Gasteiger partial charge in [0.05, 0.1) is 17.3 Å². The highest BCUT2D eigenvalue weighted by molar-refractivity contribution is 7.99. The number of ether oxygens (including phenoxy) is 1. The van der Waals surface area contributed by atoms with Gasteiger partial charge in [0.2, 0.25) is 11.1 Å². The van der Waals surface area contributed by atoms with Crippen molar-refractivity contribution in [3.05, 3.63) is 18.1 Å². The van der Waals surface area contributed by atoms with Crippen molar-refractivity contribution < 1.29 is 9.15 Å². The molecule has 0 saturated heterocycles. The average Bonchev–Trinajstić information content (AvgIpc) is 2.74. The number of furan rings is 1. The van der Waals surface area contributed by atoms with Gasteiger partial charge in [0.25, 0.3) is 0 Å². The number of nitrogens with one attached hydrogen (secondary N) is 1. The molecule has 3 N–H and O–H groups in total. The van der Waals surface area contributed by atoms with Gasteiger partial charge in [-0.1, -0.05) is 0 Å². The molecule has 2 aromatic rings. The Balaban J connectivity index is 2.26. The quantitative estimate of drug-likeness (QED) is 0.634. The number of nitrogens with zero attached hydrogens (tertiary/aromatic N) is 3. The molecule has 2 rings (SSSR count). The zero-order valence-electron chi connectivity index (χ0n) is 10.9. The molecule has 0 spiro atoms. The molecule has 2 heterocycles. The largest absolute Gasteiger partial charge is 0.468 e. The predicted octanol–water partition coefficient (Wildman–Crippen LogP) is 2.00. The summed E-state index contributed by atoms with van der Waals surface area (Å²) in [6.07, 6.45) is 1.59. The molecular weight excluding hydrogens is 266 g/mol. The van der Waals surface area contributed by atoms with E-state index in [1.54, 1.807) is 6.26 Å². The number of anilines is 1. The fourth-order valence-electron chi connectivity index (χ4n) is 1.29. The fourth-order valence-corrected chi connectivity index (χ4v) is 2.06. The van der Waals surface area contributed by atoms with Crippen LogP contribution in [0.2, 0.25) is 0 Å². The lowest BCUT2D eigenvalue weighted by molar-refractivity contribution is 0.219. The molecule has 7 nitrogen and oxygen atoms in total. The van der Waals surface area contributed by atoms with Crippen LogP contribution in [-0.4, -0.2) is 21.1 Å². The van der Waals surface area contributed by atoms with Crippen LogP contribution in [0.1, 0.15) is 19.6 Å². The SMILES string of the molecule is Cc1occc1Sc1nc(NN)nc(OC(C)C)n1. The molecule has 0 aliphatic heterocycles. The monoisotopic (exact) mass is 281 g/mol. The Morgan fingerprint density at radius 1 is 1.37 bits per heavy atom. The second-order valence-electron chi connectivity index (χ2n) is 3.98. The molecule has 0 unspecified atom stereocenters. The number of hydrogen-bond donors (Lipinski definition) is 2. The van der Waals surface area contributed by atoms with Gasteiger partial charge in [-0.15, -0.1) is 0 Å². The van der Waals surface area contributed by atoms with Gasteiger partial charge in [0, 0.05) is 0 Å². The molecule has 0 fully saturated rings. The van der Waals surface area contributed by atoms with E-state index >= 15 is 0 Å². The molecule has 19 heavy (non-hydrogen) atoms. The molecule has 8 heteroatoms. The molecule has 2 aromatic heterocycles. The Morgan fingerprint density at radius 2 is 2.16 bits per heavy atom. The van der Waals surface area contributed by atoms with E-state index in [0.29, 0.717) is 5.16 Å². The van der Waals surface area contributed by atoms with Crippen molar-refractivity contribution in [2.75, 3.05) is 5.43 Å². The second-order valence-corrected chi connectivity index (χ2v) is 4.99. The van der Waals surface area contributed by atoms with Crippen molar-refractivity contribution in [2.45, 2.75) is 36.9 Å². The van der Waals surface area contributed by atoms with Crippen molar-refractivity contribution in [3.8, 4) is 6.01 Å². The first kappa shape index (κ1) is 13.6. The van der Waals surface area contributed by atoms with Gasteiger partial charge in [-0.25, -0.2) is 5.84 Å². The van der Waals surface area contributed by atoms with Crippen LogP contribution < -0.4 is 16.0 Å². The summed E-state index contributed by atoms with van der Waals surface area (Å²) in [5, 5.41) is 0.489. The first-order valence-corrected chi connectivity index (χ1v) is 6.51. The number of hydrogen-bond acceptors (Lipinski definition) is 8. The van der Waals surface area contributed by atoms with Crippen LogP contribution in [0.25, 0.3) is 0 Å². The van der Waals surface area contributed by atoms with E-state index < -0.39 is 0 Å². The minimum absolute atomic E-state index is 0.0264. The van der Waals surface area contributed by atoms with Crippen LogP contribution in [0.5, 0.6) is 6.01 Å². The normalized spacial score (nSPS) is 10.8. The summed E-state index contributed by atoms with van der Waals surface area (Å²) < 4.78 is 10.7.